The van der Waals surface area contributed by atoms with Crippen molar-refractivity contribution >= 4 is 41.0 Å². The van der Waals surface area contributed by atoms with Crippen LogP contribution in [0, 0.1) is 5.41 Å². The smallest absolute Gasteiger partial charge is 0.244 e. The molecule has 0 aliphatic carbocycles. The van der Waals surface area contributed by atoms with Crippen LogP contribution in [0.4, 0.5) is 5.69 Å². The molecule has 0 fully saturated rings. The third-order valence-corrected chi connectivity index (χ3v) is 4.14. The van der Waals surface area contributed by atoms with Crippen LogP contribution in [-0.2, 0) is 9.59 Å². The Labute approximate surface area is 176 Å². The molecule has 10 nitrogen and oxygen atoms in total. The number of nitrogens with one attached hydrogen (secondary N) is 3. The Bertz CT molecular complexity index is 1090. The molecule has 0 saturated carbocycles. The summed E-state index contributed by atoms with van der Waals surface area (Å²) >= 11 is 6.03. The Balaban J connectivity index is 1.57. The maximum Gasteiger partial charge on any atom is 0.244 e. The molecular weight excluding hydrogens is 408 g/mol. The molecule has 0 aliphatic rings. The predicted octanol–water partition coefficient (Wildman–Crippen LogP) is 1.37. The van der Waals surface area contributed by atoms with Gasteiger partial charge in [-0.15, -0.1) is 5.10 Å². The number of amides is 2. The van der Waals surface area contributed by atoms with E-state index in [-0.39, 0.29) is 12.4 Å². The topological polar surface area (TPSA) is 152 Å². The summed E-state index contributed by atoms with van der Waals surface area (Å²) in [5.74, 6) is -0.918. The third kappa shape index (κ3) is 5.49. The molecule has 5 N–H and O–H groups in total. The Morgan fingerprint density at radius 3 is 2.63 bits per heavy atom. The number of benzene rings is 2. The van der Waals surface area contributed by atoms with Crippen molar-refractivity contribution in [3.8, 4) is 5.69 Å². The van der Waals surface area contributed by atoms with E-state index in [0.29, 0.717) is 27.5 Å². The van der Waals surface area contributed by atoms with Crippen LogP contribution >= 0.6 is 11.6 Å². The van der Waals surface area contributed by atoms with Gasteiger partial charge >= 0.3 is 0 Å². The number of nitrogen functional groups attached to an aromatic ring is 1. The van der Waals surface area contributed by atoms with Crippen LogP contribution in [0.3, 0.4) is 0 Å². The number of aromatic nitrogens is 4. The number of tetrazole rings is 1. The van der Waals surface area contributed by atoms with Gasteiger partial charge in [-0.1, -0.05) is 11.6 Å². The molecule has 2 aromatic carbocycles. The summed E-state index contributed by atoms with van der Waals surface area (Å²) in [4.78, 5) is 24.1. The molecule has 0 radical (unpaired) electrons. The lowest BCUT2D eigenvalue weighted by molar-refractivity contribution is -0.121. The van der Waals surface area contributed by atoms with E-state index in [2.05, 4.69) is 26.2 Å². The summed E-state index contributed by atoms with van der Waals surface area (Å²) in [6, 6.07) is 11.6. The van der Waals surface area contributed by atoms with E-state index in [4.69, 9.17) is 22.7 Å². The highest BCUT2D eigenvalue weighted by Gasteiger charge is 2.07. The maximum absolute atomic E-state index is 12.1. The minimum atomic E-state index is -0.459. The van der Waals surface area contributed by atoms with Crippen molar-refractivity contribution in [3.05, 3.63) is 71.0 Å². The fourth-order valence-corrected chi connectivity index (χ4v) is 2.65. The van der Waals surface area contributed by atoms with Gasteiger partial charge in [0, 0.05) is 27.9 Å². The zero-order valence-corrected chi connectivity index (χ0v) is 16.3. The quantitative estimate of drug-likeness (QED) is 0.255. The van der Waals surface area contributed by atoms with Crippen molar-refractivity contribution in [2.75, 3.05) is 11.9 Å². The summed E-state index contributed by atoms with van der Waals surface area (Å²) < 4.78 is 1.44. The molecule has 0 saturated heterocycles. The van der Waals surface area contributed by atoms with E-state index in [1.165, 1.54) is 17.1 Å². The van der Waals surface area contributed by atoms with Gasteiger partial charge in [0.2, 0.25) is 11.8 Å². The van der Waals surface area contributed by atoms with E-state index in [0.717, 1.165) is 0 Å². The summed E-state index contributed by atoms with van der Waals surface area (Å²) in [5, 5.41) is 24.0. The molecule has 2 amide bonds. The number of carbonyl (C=O) groups is 2. The monoisotopic (exact) mass is 424 g/mol. The van der Waals surface area contributed by atoms with Crippen LogP contribution in [0.25, 0.3) is 11.8 Å². The number of anilines is 1. The van der Waals surface area contributed by atoms with Crippen molar-refractivity contribution in [1.29, 1.82) is 5.41 Å². The van der Waals surface area contributed by atoms with Crippen molar-refractivity contribution in [3.63, 3.8) is 0 Å². The van der Waals surface area contributed by atoms with Crippen molar-refractivity contribution in [2.45, 2.75) is 0 Å². The molecule has 0 aliphatic heterocycles. The van der Waals surface area contributed by atoms with Gasteiger partial charge in [-0.3, -0.25) is 15.0 Å². The van der Waals surface area contributed by atoms with Gasteiger partial charge < -0.3 is 16.4 Å². The highest BCUT2D eigenvalue weighted by atomic mass is 35.5. The van der Waals surface area contributed by atoms with Crippen LogP contribution in [0.5, 0.6) is 0 Å². The molecule has 3 rings (SSSR count). The molecule has 3 aromatic rings. The minimum Gasteiger partial charge on any atom is -0.384 e. The number of carbonyl (C=O) groups excluding carboxylic acids is 2. The SMILES string of the molecule is N=C(N)c1ccc(NC(=O)CNC(=O)/C=C/c2cc(Cl)ccc2-n2cnnn2)cc1. The Hall–Kier alpha value is -4.05. The number of nitrogens with two attached hydrogens (primary N) is 1. The molecule has 0 atom stereocenters. The molecule has 0 unspecified atom stereocenters. The minimum absolute atomic E-state index is 0.0603. The van der Waals surface area contributed by atoms with Crippen LogP contribution in [0.15, 0.2) is 54.9 Å². The van der Waals surface area contributed by atoms with Gasteiger partial charge in [0.25, 0.3) is 0 Å². The molecule has 0 bridgehead atoms. The zero-order valence-electron chi connectivity index (χ0n) is 15.5. The largest absolute Gasteiger partial charge is 0.384 e. The van der Waals surface area contributed by atoms with Gasteiger partial charge in [0.15, 0.2) is 0 Å². The van der Waals surface area contributed by atoms with Crippen LogP contribution in [0.2, 0.25) is 5.02 Å². The number of rotatable bonds is 7. The van der Waals surface area contributed by atoms with Gasteiger partial charge in [0.05, 0.1) is 12.2 Å². The fourth-order valence-electron chi connectivity index (χ4n) is 2.47. The Kier molecular flexibility index (Phi) is 6.50. The first-order valence-electron chi connectivity index (χ1n) is 8.65. The summed E-state index contributed by atoms with van der Waals surface area (Å²) in [6.45, 7) is -0.215. The normalized spacial score (nSPS) is 10.7. The Morgan fingerprint density at radius 1 is 1.20 bits per heavy atom. The Morgan fingerprint density at radius 2 is 1.97 bits per heavy atom. The second kappa shape index (κ2) is 9.43. The number of amidine groups is 1. The lowest BCUT2D eigenvalue weighted by Crippen LogP contribution is -2.31. The number of halogens is 1. The molecule has 30 heavy (non-hydrogen) atoms. The standard InChI is InChI=1S/C19H17ClN8O2/c20-14-4-7-16(28-11-24-26-27-28)13(9-14)3-8-17(29)23-10-18(30)25-15-5-1-12(2-6-15)19(21)22/h1-9,11H,10H2,(H3,21,22)(H,23,29)(H,25,30)/b8-3+. The second-order valence-electron chi connectivity index (χ2n) is 6.05. The van der Waals surface area contributed by atoms with Gasteiger partial charge in [-0.25, -0.2) is 0 Å². The van der Waals surface area contributed by atoms with Gasteiger partial charge in [-0.2, -0.15) is 4.68 Å². The van der Waals surface area contributed by atoms with Crippen molar-refractivity contribution in [2.24, 2.45) is 5.73 Å². The number of hydrogen-bond donors (Lipinski definition) is 4. The maximum atomic E-state index is 12.1. The average Bonchev–Trinajstić information content (AvgIpc) is 3.26. The van der Waals surface area contributed by atoms with Gasteiger partial charge in [-0.05, 0) is 59.0 Å². The molecule has 0 spiro atoms. The van der Waals surface area contributed by atoms with Gasteiger partial charge in [0.1, 0.15) is 12.2 Å². The van der Waals surface area contributed by atoms with Crippen molar-refractivity contribution < 1.29 is 9.59 Å². The van der Waals surface area contributed by atoms with Crippen molar-refractivity contribution in [1.82, 2.24) is 25.5 Å². The first-order valence-corrected chi connectivity index (χ1v) is 9.03. The lowest BCUT2D eigenvalue weighted by atomic mass is 10.1. The van der Waals surface area contributed by atoms with E-state index in [9.17, 15) is 9.59 Å². The number of hydrogen-bond acceptors (Lipinski definition) is 6. The van der Waals surface area contributed by atoms with E-state index < -0.39 is 11.8 Å². The average molecular weight is 425 g/mol. The first-order chi connectivity index (χ1) is 14.4. The van der Waals surface area contributed by atoms with E-state index in [1.807, 2.05) is 0 Å². The highest BCUT2D eigenvalue weighted by Crippen LogP contribution is 2.20. The van der Waals surface area contributed by atoms with E-state index in [1.54, 1.807) is 48.5 Å². The third-order valence-electron chi connectivity index (χ3n) is 3.90. The molecule has 152 valence electrons. The number of nitrogens with zero attached hydrogens (tertiary/aromatic N) is 4. The first kappa shape index (κ1) is 20.7. The summed E-state index contributed by atoms with van der Waals surface area (Å²) in [6.07, 6.45) is 4.26. The van der Waals surface area contributed by atoms with Crippen LogP contribution < -0.4 is 16.4 Å². The zero-order chi connectivity index (χ0) is 21.5. The van der Waals surface area contributed by atoms with Crippen LogP contribution in [0.1, 0.15) is 11.1 Å². The highest BCUT2D eigenvalue weighted by molar-refractivity contribution is 6.30. The predicted molar refractivity (Wildman–Crippen MR) is 112 cm³/mol. The second-order valence-corrected chi connectivity index (χ2v) is 6.48. The summed E-state index contributed by atoms with van der Waals surface area (Å²) in [5.41, 5.74) is 7.73. The molecular formula is C19H17ClN8O2. The summed E-state index contributed by atoms with van der Waals surface area (Å²) in [7, 11) is 0. The lowest BCUT2D eigenvalue weighted by Gasteiger charge is -2.07. The van der Waals surface area contributed by atoms with Crippen LogP contribution in [-0.4, -0.2) is 44.4 Å². The van der Waals surface area contributed by atoms with E-state index >= 15 is 0 Å². The molecule has 1 heterocycles. The molecule has 1 aromatic heterocycles. The fraction of sp³-hybridized carbons (Fsp3) is 0.0526. The molecule has 11 heteroatoms.